The molecule has 0 radical (unpaired) electrons. The minimum atomic E-state index is -0.752. The Morgan fingerprint density at radius 1 is 1.32 bits per heavy atom. The molecule has 0 unspecified atom stereocenters. The van der Waals surface area contributed by atoms with Crippen molar-refractivity contribution < 1.29 is 14.7 Å². The number of nitrogens with one attached hydrogen (secondary N) is 1. The lowest BCUT2D eigenvalue weighted by Gasteiger charge is -2.25. The van der Waals surface area contributed by atoms with Crippen molar-refractivity contribution in [1.29, 1.82) is 0 Å². The Morgan fingerprint density at radius 3 is 2.70 bits per heavy atom. The fourth-order valence-corrected chi connectivity index (χ4v) is 5.23. The number of halogens is 1. The third-order valence-electron chi connectivity index (χ3n) is 6.99. The number of fused-ring (bicyclic) bond motifs is 1. The predicted molar refractivity (Wildman–Crippen MR) is 140 cm³/mol. The van der Waals surface area contributed by atoms with Gasteiger partial charge in [0.15, 0.2) is 5.69 Å². The number of hydrogen-bond donors (Lipinski definition) is 3. The van der Waals surface area contributed by atoms with E-state index >= 15 is 0 Å². The Morgan fingerprint density at radius 2 is 2.08 bits per heavy atom. The smallest absolute Gasteiger partial charge is 0.255 e. The summed E-state index contributed by atoms with van der Waals surface area (Å²) in [6.07, 6.45) is 5.00. The number of likely N-dealkylation sites (tertiary alicyclic amines) is 1. The Bertz CT molecular complexity index is 1470. The van der Waals surface area contributed by atoms with Gasteiger partial charge < -0.3 is 25.6 Å². The highest BCUT2D eigenvalue weighted by molar-refractivity contribution is 6.32. The van der Waals surface area contributed by atoms with Gasteiger partial charge in [0, 0.05) is 25.2 Å². The number of primary amides is 1. The van der Waals surface area contributed by atoms with Crippen LogP contribution >= 0.6 is 11.6 Å². The van der Waals surface area contributed by atoms with E-state index in [1.807, 2.05) is 18.5 Å². The van der Waals surface area contributed by atoms with Gasteiger partial charge in [-0.15, -0.1) is 0 Å². The van der Waals surface area contributed by atoms with Crippen LogP contribution in [0.3, 0.4) is 0 Å². The molecule has 2 amide bonds. The molecule has 1 saturated carbocycles. The van der Waals surface area contributed by atoms with Crippen LogP contribution in [0.4, 0.5) is 5.82 Å². The van der Waals surface area contributed by atoms with E-state index in [-0.39, 0.29) is 29.8 Å². The lowest BCUT2D eigenvalue weighted by molar-refractivity contribution is -0.128. The summed E-state index contributed by atoms with van der Waals surface area (Å²) in [6.45, 7) is 5.48. The number of anilines is 1. The van der Waals surface area contributed by atoms with Crippen LogP contribution in [-0.2, 0) is 4.79 Å². The number of rotatable bonds is 6. The number of amides is 2. The number of benzene rings is 1. The van der Waals surface area contributed by atoms with E-state index in [4.69, 9.17) is 17.3 Å². The van der Waals surface area contributed by atoms with Gasteiger partial charge in [-0.1, -0.05) is 24.1 Å². The maximum atomic E-state index is 12.5. The summed E-state index contributed by atoms with van der Waals surface area (Å²) in [6, 6.07) is 3.43. The van der Waals surface area contributed by atoms with E-state index in [9.17, 15) is 14.7 Å². The molecule has 2 aliphatic rings. The fourth-order valence-electron chi connectivity index (χ4n) is 5.02. The zero-order valence-corrected chi connectivity index (χ0v) is 21.4. The normalized spacial score (nSPS) is 19.9. The standard InChI is InChI=1S/C26H28ClN7O3/c1-4-23(36)32-12-17(10-21(32)14(2)35)34-26(29-3)24(25(28)37)19(31-34)8-5-15-9-20-22(11-18(15)27)33(13-30-20)16-6-7-16/h4,9,11,13-14,16-17,21,29,35H,1,6-7,10,12H2,2-3H3,(H2,28,37)/t14-,17+,21-/m1/s1. The van der Waals surface area contributed by atoms with E-state index in [1.54, 1.807) is 23.6 Å². The first-order valence-electron chi connectivity index (χ1n) is 12.1. The van der Waals surface area contributed by atoms with Crippen LogP contribution < -0.4 is 11.1 Å². The Labute approximate surface area is 219 Å². The molecule has 1 aliphatic carbocycles. The molecule has 0 spiro atoms. The number of aromatic nitrogens is 4. The third kappa shape index (κ3) is 4.45. The molecule has 1 aliphatic heterocycles. The molecule has 10 nitrogen and oxygen atoms in total. The molecule has 37 heavy (non-hydrogen) atoms. The number of aliphatic hydroxyl groups is 1. The molecule has 192 valence electrons. The topological polar surface area (TPSA) is 131 Å². The molecule has 3 aromatic rings. The van der Waals surface area contributed by atoms with Crippen molar-refractivity contribution in [3.63, 3.8) is 0 Å². The van der Waals surface area contributed by atoms with E-state index in [1.165, 1.54) is 6.08 Å². The number of nitrogens with zero attached hydrogens (tertiary/aromatic N) is 5. The highest BCUT2D eigenvalue weighted by atomic mass is 35.5. The molecule has 3 atom stereocenters. The molecule has 1 aromatic carbocycles. The molecule has 3 heterocycles. The van der Waals surface area contributed by atoms with Crippen molar-refractivity contribution >= 4 is 40.3 Å². The second-order valence-electron chi connectivity index (χ2n) is 9.48. The monoisotopic (exact) mass is 521 g/mol. The Balaban J connectivity index is 1.53. The van der Waals surface area contributed by atoms with Crippen molar-refractivity contribution in [3.8, 4) is 11.8 Å². The van der Waals surface area contributed by atoms with Crippen molar-refractivity contribution in [1.82, 2.24) is 24.2 Å². The van der Waals surface area contributed by atoms with Gasteiger partial charge in [-0.25, -0.2) is 9.67 Å². The number of nitrogens with two attached hydrogens (primary N) is 1. The second-order valence-corrected chi connectivity index (χ2v) is 9.88. The number of hydrogen-bond acceptors (Lipinski definition) is 6. The lowest BCUT2D eigenvalue weighted by Crippen LogP contribution is -2.40. The largest absolute Gasteiger partial charge is 0.391 e. The maximum Gasteiger partial charge on any atom is 0.255 e. The number of aliphatic hydroxyl groups excluding tert-OH is 1. The zero-order chi connectivity index (χ0) is 26.4. The second kappa shape index (κ2) is 9.57. The minimum Gasteiger partial charge on any atom is -0.391 e. The molecular weight excluding hydrogens is 494 g/mol. The highest BCUT2D eigenvalue weighted by Crippen LogP contribution is 2.38. The first kappa shape index (κ1) is 24.9. The van der Waals surface area contributed by atoms with Crippen LogP contribution in [0.5, 0.6) is 0 Å². The highest BCUT2D eigenvalue weighted by Gasteiger charge is 2.40. The van der Waals surface area contributed by atoms with E-state index in [0.717, 1.165) is 23.9 Å². The Hall–Kier alpha value is -3.81. The van der Waals surface area contributed by atoms with Gasteiger partial charge in [-0.3, -0.25) is 9.59 Å². The van der Waals surface area contributed by atoms with Crippen molar-refractivity contribution in [3.05, 3.63) is 53.0 Å². The van der Waals surface area contributed by atoms with E-state index < -0.39 is 18.1 Å². The summed E-state index contributed by atoms with van der Waals surface area (Å²) in [5.74, 6) is 5.42. The molecule has 2 aromatic heterocycles. The molecule has 11 heteroatoms. The van der Waals surface area contributed by atoms with Gasteiger partial charge in [0.2, 0.25) is 5.91 Å². The average molecular weight is 522 g/mol. The number of imidazole rings is 1. The summed E-state index contributed by atoms with van der Waals surface area (Å²) >= 11 is 6.56. The SMILES string of the molecule is C=CC(=O)N1C[C@@H](n2nc(C#Cc3cc4ncn(C5CC5)c4cc3Cl)c(C(N)=O)c2NC)C[C@@H]1[C@@H](C)O. The van der Waals surface area contributed by atoms with Gasteiger partial charge in [-0.05, 0) is 50.3 Å². The molecule has 4 N–H and O–H groups in total. The zero-order valence-electron chi connectivity index (χ0n) is 20.6. The Kier molecular flexibility index (Phi) is 6.43. The van der Waals surface area contributed by atoms with Gasteiger partial charge in [0.05, 0.1) is 40.6 Å². The summed E-state index contributed by atoms with van der Waals surface area (Å²) in [4.78, 5) is 30.9. The first-order valence-corrected chi connectivity index (χ1v) is 12.5. The van der Waals surface area contributed by atoms with Crippen LogP contribution in [0.1, 0.15) is 59.9 Å². The minimum absolute atomic E-state index is 0.146. The summed E-state index contributed by atoms with van der Waals surface area (Å²) < 4.78 is 3.75. The fraction of sp³-hybridized carbons (Fsp3) is 0.385. The maximum absolute atomic E-state index is 12.5. The van der Waals surface area contributed by atoms with Crippen LogP contribution in [0, 0.1) is 11.8 Å². The molecule has 1 saturated heterocycles. The predicted octanol–water partition coefficient (Wildman–Crippen LogP) is 2.47. The molecule has 2 fully saturated rings. The third-order valence-corrected chi connectivity index (χ3v) is 7.31. The first-order chi connectivity index (χ1) is 17.7. The van der Waals surface area contributed by atoms with Gasteiger partial charge in [-0.2, -0.15) is 5.10 Å². The molecule has 0 bridgehead atoms. The quantitative estimate of drug-likeness (QED) is 0.337. The summed E-state index contributed by atoms with van der Waals surface area (Å²) in [5, 5.41) is 18.4. The van der Waals surface area contributed by atoms with E-state index in [0.29, 0.717) is 28.9 Å². The van der Waals surface area contributed by atoms with Crippen LogP contribution in [0.2, 0.25) is 5.02 Å². The van der Waals surface area contributed by atoms with Crippen LogP contribution in [-0.4, -0.2) is 66.9 Å². The average Bonchev–Trinajstić information content (AvgIpc) is 3.31. The van der Waals surface area contributed by atoms with E-state index in [2.05, 4.69) is 38.4 Å². The van der Waals surface area contributed by atoms with Crippen molar-refractivity contribution in [2.75, 3.05) is 18.9 Å². The van der Waals surface area contributed by atoms with Crippen LogP contribution in [0.15, 0.2) is 31.1 Å². The van der Waals surface area contributed by atoms with Crippen LogP contribution in [0.25, 0.3) is 11.0 Å². The molecular formula is C26H28ClN7O3. The summed E-state index contributed by atoms with van der Waals surface area (Å²) in [7, 11) is 1.66. The molecule has 5 rings (SSSR count). The lowest BCUT2D eigenvalue weighted by atomic mass is 10.1. The van der Waals surface area contributed by atoms with Crippen molar-refractivity contribution in [2.24, 2.45) is 5.73 Å². The van der Waals surface area contributed by atoms with Gasteiger partial charge >= 0.3 is 0 Å². The summed E-state index contributed by atoms with van der Waals surface area (Å²) in [5.41, 5.74) is 8.38. The number of carbonyl (C=O) groups excluding carboxylic acids is 2. The number of carbonyl (C=O) groups is 2. The van der Waals surface area contributed by atoms with Gasteiger partial charge in [0.1, 0.15) is 11.4 Å². The van der Waals surface area contributed by atoms with Gasteiger partial charge in [0.25, 0.3) is 5.91 Å². The van der Waals surface area contributed by atoms with Crippen molar-refractivity contribution in [2.45, 2.75) is 50.4 Å².